The molecule has 0 radical (unpaired) electrons. The van der Waals surface area contributed by atoms with Gasteiger partial charge in [-0.2, -0.15) is 5.26 Å². The molecule has 0 saturated heterocycles. The number of Topliss-reactive ketones (excluding diaryl/α,β-unsaturated/α-hetero) is 1. The number of fused-ring (bicyclic) bond motifs is 1. The fraction of sp³-hybridized carbons (Fsp3) is 0.385. The number of nitrogen functional groups attached to an aromatic ring is 2. The molecule has 8 N–H and O–H groups in total. The molecule has 19 heavy (non-hydrogen) atoms. The minimum atomic E-state index is -1.14. The van der Waals surface area contributed by atoms with Gasteiger partial charge >= 0.3 is 0 Å². The first kappa shape index (κ1) is 13.3. The van der Waals surface area contributed by atoms with Crippen LogP contribution in [0.15, 0.2) is 12.1 Å². The average Bonchev–Trinajstić information content (AvgIpc) is 2.76. The first-order valence-electron chi connectivity index (χ1n) is 6.01. The molecule has 0 heterocycles. The lowest BCUT2D eigenvalue weighted by atomic mass is 9.79. The number of anilines is 2. The molecule has 2 rings (SSSR count). The molecule has 0 saturated carbocycles. The first-order valence-corrected chi connectivity index (χ1v) is 6.01. The van der Waals surface area contributed by atoms with E-state index in [2.05, 4.69) is 6.07 Å². The number of benzene rings is 1. The van der Waals surface area contributed by atoms with Crippen LogP contribution in [0, 0.1) is 16.7 Å². The van der Waals surface area contributed by atoms with Crippen LogP contribution in [0.25, 0.3) is 0 Å². The third kappa shape index (κ3) is 2.03. The summed E-state index contributed by atoms with van der Waals surface area (Å²) in [7, 11) is 0. The van der Waals surface area contributed by atoms with Gasteiger partial charge in [-0.05, 0) is 36.1 Å². The van der Waals surface area contributed by atoms with E-state index in [0.29, 0.717) is 24.2 Å². The van der Waals surface area contributed by atoms with E-state index in [1.165, 1.54) is 0 Å². The Labute approximate surface area is 111 Å². The largest absolute Gasteiger partial charge is 0.397 e. The van der Waals surface area contributed by atoms with Gasteiger partial charge in [-0.3, -0.25) is 4.79 Å². The van der Waals surface area contributed by atoms with Gasteiger partial charge in [0.2, 0.25) is 0 Å². The van der Waals surface area contributed by atoms with Crippen molar-refractivity contribution >= 4 is 17.2 Å². The van der Waals surface area contributed by atoms with E-state index in [1.54, 1.807) is 12.1 Å². The molecule has 1 aliphatic rings. The Kier molecular flexibility index (Phi) is 3.18. The second kappa shape index (κ2) is 4.53. The Hall–Kier alpha value is -2.10. The zero-order chi connectivity index (χ0) is 14.2. The maximum absolute atomic E-state index is 12.3. The number of carbonyl (C=O) groups excluding carboxylic acids is 1. The zero-order valence-electron chi connectivity index (χ0n) is 10.5. The highest BCUT2D eigenvalue weighted by Gasteiger charge is 2.46. The van der Waals surface area contributed by atoms with Crippen molar-refractivity contribution in [2.75, 3.05) is 18.0 Å². The van der Waals surface area contributed by atoms with Crippen molar-refractivity contribution in [1.82, 2.24) is 0 Å². The molecule has 0 aromatic heterocycles. The normalized spacial score (nSPS) is 17.5. The third-order valence-corrected chi connectivity index (χ3v) is 3.67. The zero-order valence-corrected chi connectivity index (χ0v) is 10.5. The minimum absolute atomic E-state index is 0.0306. The molecular weight excluding hydrogens is 242 g/mol. The molecular formula is C13H17N5O. The summed E-state index contributed by atoms with van der Waals surface area (Å²) in [6, 6.07) is 4.75. The van der Waals surface area contributed by atoms with Gasteiger partial charge in [0.1, 0.15) is 5.41 Å². The van der Waals surface area contributed by atoms with Crippen LogP contribution in [0.3, 0.4) is 0 Å². The van der Waals surface area contributed by atoms with Crippen LogP contribution in [-0.2, 0) is 17.6 Å². The van der Waals surface area contributed by atoms with Crippen LogP contribution in [0.1, 0.15) is 11.1 Å². The highest BCUT2D eigenvalue weighted by atomic mass is 16.1. The lowest BCUT2D eigenvalue weighted by Gasteiger charge is -2.21. The van der Waals surface area contributed by atoms with E-state index >= 15 is 0 Å². The first-order chi connectivity index (χ1) is 8.93. The van der Waals surface area contributed by atoms with Crippen molar-refractivity contribution in [3.63, 3.8) is 0 Å². The minimum Gasteiger partial charge on any atom is -0.397 e. The number of rotatable bonds is 3. The number of hydrogen-bond donors (Lipinski definition) is 4. The maximum atomic E-state index is 12.3. The molecule has 0 bridgehead atoms. The summed E-state index contributed by atoms with van der Waals surface area (Å²) in [4.78, 5) is 12.3. The standard InChI is InChI=1S/C13H17N5O/c14-5-11(18)12(19)13(6-15)3-7-1-9(16)10(17)2-8(7)4-13/h1-2,11H,3-5,14,16-18H2. The molecule has 1 unspecified atom stereocenters. The molecule has 1 aliphatic carbocycles. The number of nitrogens with two attached hydrogens (primary N) is 4. The summed E-state index contributed by atoms with van der Waals surface area (Å²) in [5, 5.41) is 9.41. The Morgan fingerprint density at radius 1 is 1.32 bits per heavy atom. The highest BCUT2D eigenvalue weighted by Crippen LogP contribution is 2.40. The fourth-order valence-electron chi connectivity index (χ4n) is 2.54. The molecule has 100 valence electrons. The number of ketones is 1. The van der Waals surface area contributed by atoms with Crippen LogP contribution >= 0.6 is 0 Å². The van der Waals surface area contributed by atoms with E-state index in [9.17, 15) is 10.1 Å². The average molecular weight is 259 g/mol. The number of nitrogens with zero attached hydrogens (tertiary/aromatic N) is 1. The Morgan fingerprint density at radius 2 is 1.79 bits per heavy atom. The van der Waals surface area contributed by atoms with E-state index in [1.807, 2.05) is 0 Å². The Bertz CT molecular complexity index is 544. The summed E-state index contributed by atoms with van der Waals surface area (Å²) in [6.07, 6.45) is 0.631. The molecule has 0 fully saturated rings. The fourth-order valence-corrected chi connectivity index (χ4v) is 2.54. The van der Waals surface area contributed by atoms with Crippen molar-refractivity contribution in [2.45, 2.75) is 18.9 Å². The van der Waals surface area contributed by atoms with E-state index in [-0.39, 0.29) is 12.3 Å². The van der Waals surface area contributed by atoms with Crippen LogP contribution in [0.4, 0.5) is 11.4 Å². The van der Waals surface area contributed by atoms with E-state index < -0.39 is 11.5 Å². The second-order valence-electron chi connectivity index (χ2n) is 5.00. The lowest BCUT2D eigenvalue weighted by Crippen LogP contribution is -2.47. The monoisotopic (exact) mass is 259 g/mol. The van der Waals surface area contributed by atoms with Crippen molar-refractivity contribution < 1.29 is 4.79 Å². The molecule has 1 aromatic carbocycles. The number of hydrogen-bond acceptors (Lipinski definition) is 6. The molecule has 6 heteroatoms. The molecule has 0 spiro atoms. The molecule has 1 atom stereocenters. The predicted octanol–water partition coefficient (Wildman–Crippen LogP) is -0.685. The van der Waals surface area contributed by atoms with Gasteiger partial charge in [0.05, 0.1) is 23.5 Å². The van der Waals surface area contributed by atoms with Gasteiger partial charge in [-0.1, -0.05) is 0 Å². The van der Waals surface area contributed by atoms with E-state index in [4.69, 9.17) is 22.9 Å². The van der Waals surface area contributed by atoms with Gasteiger partial charge < -0.3 is 22.9 Å². The summed E-state index contributed by atoms with van der Waals surface area (Å²) < 4.78 is 0. The van der Waals surface area contributed by atoms with Crippen LogP contribution < -0.4 is 22.9 Å². The third-order valence-electron chi connectivity index (χ3n) is 3.67. The molecule has 0 amide bonds. The molecule has 0 aliphatic heterocycles. The molecule has 1 aromatic rings. The Balaban J connectivity index is 2.40. The van der Waals surface area contributed by atoms with Gasteiger partial charge in [0, 0.05) is 6.54 Å². The van der Waals surface area contributed by atoms with Gasteiger partial charge in [-0.25, -0.2) is 0 Å². The van der Waals surface area contributed by atoms with Crippen LogP contribution in [-0.4, -0.2) is 18.4 Å². The number of nitriles is 1. The summed E-state index contributed by atoms with van der Waals surface area (Å²) in [6.45, 7) is 0.0306. The van der Waals surface area contributed by atoms with Crippen LogP contribution in [0.2, 0.25) is 0 Å². The lowest BCUT2D eigenvalue weighted by molar-refractivity contribution is -0.126. The summed E-state index contributed by atoms with van der Waals surface area (Å²) in [5.74, 6) is -0.314. The van der Waals surface area contributed by atoms with Crippen molar-refractivity contribution in [2.24, 2.45) is 16.9 Å². The van der Waals surface area contributed by atoms with Crippen molar-refractivity contribution in [3.05, 3.63) is 23.3 Å². The maximum Gasteiger partial charge on any atom is 0.171 e. The highest BCUT2D eigenvalue weighted by molar-refractivity contribution is 5.93. The second-order valence-corrected chi connectivity index (χ2v) is 5.00. The topological polar surface area (TPSA) is 145 Å². The van der Waals surface area contributed by atoms with Crippen LogP contribution in [0.5, 0.6) is 0 Å². The summed E-state index contributed by atoms with van der Waals surface area (Å²) in [5.41, 5.74) is 24.1. The van der Waals surface area contributed by atoms with Crippen molar-refractivity contribution in [3.8, 4) is 6.07 Å². The number of carbonyl (C=O) groups is 1. The van der Waals surface area contributed by atoms with Gasteiger partial charge in [0.15, 0.2) is 5.78 Å². The van der Waals surface area contributed by atoms with Gasteiger partial charge in [-0.15, -0.1) is 0 Å². The SMILES string of the molecule is N#CC1(C(=O)C(N)CN)Cc2cc(N)c(N)cc2C1. The van der Waals surface area contributed by atoms with E-state index in [0.717, 1.165) is 11.1 Å². The smallest absolute Gasteiger partial charge is 0.171 e. The summed E-state index contributed by atoms with van der Waals surface area (Å²) >= 11 is 0. The quantitative estimate of drug-likeness (QED) is 0.529. The Morgan fingerprint density at radius 3 is 2.16 bits per heavy atom. The predicted molar refractivity (Wildman–Crippen MR) is 72.8 cm³/mol. The molecule has 6 nitrogen and oxygen atoms in total. The van der Waals surface area contributed by atoms with Gasteiger partial charge in [0.25, 0.3) is 0 Å². The van der Waals surface area contributed by atoms with Crippen molar-refractivity contribution in [1.29, 1.82) is 5.26 Å².